The van der Waals surface area contributed by atoms with Crippen LogP contribution in [0.4, 0.5) is 0 Å². The second kappa shape index (κ2) is 8.03. The number of para-hydroxylation sites is 2. The van der Waals surface area contributed by atoms with Gasteiger partial charge in [0, 0.05) is 12.0 Å². The smallest absolute Gasteiger partial charge is 0.258 e. The van der Waals surface area contributed by atoms with Crippen molar-refractivity contribution >= 4 is 22.0 Å². The van der Waals surface area contributed by atoms with Crippen molar-refractivity contribution in [3.63, 3.8) is 0 Å². The van der Waals surface area contributed by atoms with Gasteiger partial charge in [0.2, 0.25) is 0 Å². The van der Waals surface area contributed by atoms with Gasteiger partial charge in [-0.15, -0.1) is 0 Å². The molecule has 2 aromatic carbocycles. The Hall–Kier alpha value is -3.39. The third kappa shape index (κ3) is 3.74. The van der Waals surface area contributed by atoms with Gasteiger partial charge in [-0.25, -0.2) is 9.97 Å². The molecule has 3 heterocycles. The SMILES string of the molecule is COc1cc2nc(CN3CCC(c4nc5ccccc5o4)CC3)[nH]c(=O)c2cc1OC. The summed E-state index contributed by atoms with van der Waals surface area (Å²) in [5, 5.41) is 0.482. The molecule has 1 saturated heterocycles. The highest BCUT2D eigenvalue weighted by Gasteiger charge is 2.25. The van der Waals surface area contributed by atoms with Crippen LogP contribution in [-0.4, -0.2) is 47.2 Å². The normalized spacial score (nSPS) is 15.5. The number of hydrogen-bond donors (Lipinski definition) is 1. The second-order valence-corrected chi connectivity index (χ2v) is 7.81. The van der Waals surface area contributed by atoms with Gasteiger partial charge in [0.25, 0.3) is 5.56 Å². The Morgan fingerprint density at radius 1 is 1.06 bits per heavy atom. The molecular formula is C23H24N4O4. The van der Waals surface area contributed by atoms with Gasteiger partial charge in [0.05, 0.1) is 31.7 Å². The van der Waals surface area contributed by atoms with Crippen molar-refractivity contribution in [3.05, 3.63) is 58.5 Å². The molecule has 31 heavy (non-hydrogen) atoms. The molecule has 0 spiro atoms. The van der Waals surface area contributed by atoms with E-state index in [2.05, 4.69) is 19.9 Å². The van der Waals surface area contributed by atoms with E-state index < -0.39 is 0 Å². The van der Waals surface area contributed by atoms with Crippen molar-refractivity contribution in [1.29, 1.82) is 0 Å². The van der Waals surface area contributed by atoms with Gasteiger partial charge < -0.3 is 18.9 Å². The van der Waals surface area contributed by atoms with Crippen LogP contribution in [0.15, 0.2) is 45.6 Å². The number of aromatic amines is 1. The van der Waals surface area contributed by atoms with E-state index in [0.29, 0.717) is 40.7 Å². The Labute approximate surface area is 178 Å². The van der Waals surface area contributed by atoms with Crippen molar-refractivity contribution in [2.45, 2.75) is 25.3 Å². The number of methoxy groups -OCH3 is 2. The lowest BCUT2D eigenvalue weighted by atomic mass is 9.97. The number of nitrogens with one attached hydrogen (secondary N) is 1. The number of benzene rings is 2. The highest BCUT2D eigenvalue weighted by Crippen LogP contribution is 2.31. The molecule has 0 unspecified atom stereocenters. The van der Waals surface area contributed by atoms with Gasteiger partial charge in [0.1, 0.15) is 11.3 Å². The highest BCUT2D eigenvalue weighted by atomic mass is 16.5. The number of hydrogen-bond acceptors (Lipinski definition) is 7. The lowest BCUT2D eigenvalue weighted by molar-refractivity contribution is 0.190. The van der Waals surface area contributed by atoms with Crippen LogP contribution in [-0.2, 0) is 6.54 Å². The molecule has 0 amide bonds. The summed E-state index contributed by atoms with van der Waals surface area (Å²) in [6, 6.07) is 11.3. The number of nitrogens with zero attached hydrogens (tertiary/aromatic N) is 3. The Bertz CT molecular complexity index is 1250. The Kier molecular flexibility index (Phi) is 5.07. The maximum Gasteiger partial charge on any atom is 0.258 e. The van der Waals surface area contributed by atoms with Crippen LogP contribution in [0.3, 0.4) is 0 Å². The fraction of sp³-hybridized carbons (Fsp3) is 0.348. The number of fused-ring (bicyclic) bond motifs is 2. The predicted molar refractivity (Wildman–Crippen MR) is 117 cm³/mol. The lowest BCUT2D eigenvalue weighted by Gasteiger charge is -2.30. The summed E-state index contributed by atoms with van der Waals surface area (Å²) < 4.78 is 16.6. The molecule has 8 nitrogen and oxygen atoms in total. The average molecular weight is 420 g/mol. The molecule has 5 rings (SSSR count). The van der Waals surface area contributed by atoms with Gasteiger partial charge in [-0.3, -0.25) is 9.69 Å². The first-order chi connectivity index (χ1) is 15.1. The maximum absolute atomic E-state index is 12.6. The molecule has 0 bridgehead atoms. The van der Waals surface area contributed by atoms with Crippen molar-refractivity contribution < 1.29 is 13.9 Å². The highest BCUT2D eigenvalue weighted by molar-refractivity contribution is 5.81. The Balaban J connectivity index is 1.31. The summed E-state index contributed by atoms with van der Waals surface area (Å²) in [6.07, 6.45) is 1.91. The van der Waals surface area contributed by atoms with Gasteiger partial charge in [-0.1, -0.05) is 12.1 Å². The number of rotatable bonds is 5. The number of piperidine rings is 1. The molecule has 1 aliphatic rings. The van der Waals surface area contributed by atoms with Crippen LogP contribution in [0, 0.1) is 0 Å². The summed E-state index contributed by atoms with van der Waals surface area (Å²) in [5.41, 5.74) is 2.16. The number of likely N-dealkylation sites (tertiary alicyclic amines) is 1. The topological polar surface area (TPSA) is 93.5 Å². The third-order valence-corrected chi connectivity index (χ3v) is 5.88. The van der Waals surface area contributed by atoms with Crippen LogP contribution >= 0.6 is 0 Å². The number of aromatic nitrogens is 3. The molecule has 4 aromatic rings. The summed E-state index contributed by atoms with van der Waals surface area (Å²) >= 11 is 0. The first-order valence-electron chi connectivity index (χ1n) is 10.4. The van der Waals surface area contributed by atoms with Crippen LogP contribution in [0.25, 0.3) is 22.0 Å². The quantitative estimate of drug-likeness (QED) is 0.528. The summed E-state index contributed by atoms with van der Waals surface area (Å²) in [4.78, 5) is 27.1. The molecule has 2 aromatic heterocycles. The zero-order chi connectivity index (χ0) is 21.4. The fourth-order valence-corrected chi connectivity index (χ4v) is 4.20. The fourth-order valence-electron chi connectivity index (χ4n) is 4.20. The van der Waals surface area contributed by atoms with E-state index in [1.54, 1.807) is 26.4 Å². The molecule has 1 fully saturated rings. The molecule has 1 N–H and O–H groups in total. The number of ether oxygens (including phenoxy) is 2. The van der Waals surface area contributed by atoms with Gasteiger partial charge >= 0.3 is 0 Å². The third-order valence-electron chi connectivity index (χ3n) is 5.88. The maximum atomic E-state index is 12.6. The molecule has 1 aliphatic heterocycles. The zero-order valence-corrected chi connectivity index (χ0v) is 17.6. The van der Waals surface area contributed by atoms with E-state index in [0.717, 1.165) is 42.9 Å². The van der Waals surface area contributed by atoms with Gasteiger partial charge in [-0.2, -0.15) is 0 Å². The van der Waals surface area contributed by atoms with E-state index in [4.69, 9.17) is 13.9 Å². The Morgan fingerprint density at radius 2 is 1.81 bits per heavy atom. The van der Waals surface area contributed by atoms with Crippen LogP contribution in [0.5, 0.6) is 11.5 Å². The molecule has 0 aliphatic carbocycles. The first-order valence-corrected chi connectivity index (χ1v) is 10.4. The van der Waals surface area contributed by atoms with Crippen LogP contribution < -0.4 is 15.0 Å². The monoisotopic (exact) mass is 420 g/mol. The molecule has 0 radical (unpaired) electrons. The molecular weight excluding hydrogens is 396 g/mol. The predicted octanol–water partition coefficient (Wildman–Crippen LogP) is 3.46. The summed E-state index contributed by atoms with van der Waals surface area (Å²) in [7, 11) is 3.11. The first kappa shape index (κ1) is 19.6. The minimum Gasteiger partial charge on any atom is -0.493 e. The standard InChI is InChI=1S/C23H24N4O4/c1-29-19-11-15-17(12-20(19)30-2)24-21(26-22(15)28)13-27-9-7-14(8-10-27)23-25-16-5-3-4-6-18(16)31-23/h3-6,11-12,14H,7-10,13H2,1-2H3,(H,24,26,28). The lowest BCUT2D eigenvalue weighted by Crippen LogP contribution is -2.33. The van der Waals surface area contributed by atoms with E-state index in [1.165, 1.54) is 0 Å². The second-order valence-electron chi connectivity index (χ2n) is 7.81. The van der Waals surface area contributed by atoms with E-state index in [1.807, 2.05) is 24.3 Å². The van der Waals surface area contributed by atoms with Gasteiger partial charge in [0.15, 0.2) is 23.0 Å². The van der Waals surface area contributed by atoms with E-state index >= 15 is 0 Å². The molecule has 0 saturated carbocycles. The summed E-state index contributed by atoms with van der Waals surface area (Å²) in [5.74, 6) is 2.84. The molecule has 8 heteroatoms. The van der Waals surface area contributed by atoms with Crippen LogP contribution in [0.1, 0.15) is 30.5 Å². The number of oxazole rings is 1. The minimum atomic E-state index is -0.178. The van der Waals surface area contributed by atoms with Crippen LogP contribution in [0.2, 0.25) is 0 Å². The van der Waals surface area contributed by atoms with Crippen molar-refractivity contribution in [2.24, 2.45) is 0 Å². The Morgan fingerprint density at radius 3 is 2.55 bits per heavy atom. The molecule has 160 valence electrons. The van der Waals surface area contributed by atoms with E-state index in [9.17, 15) is 4.79 Å². The van der Waals surface area contributed by atoms with Crippen molar-refractivity contribution in [1.82, 2.24) is 19.9 Å². The van der Waals surface area contributed by atoms with Crippen molar-refractivity contribution in [3.8, 4) is 11.5 Å². The summed E-state index contributed by atoms with van der Waals surface area (Å²) in [6.45, 7) is 2.36. The zero-order valence-electron chi connectivity index (χ0n) is 17.6. The molecule has 0 atom stereocenters. The minimum absolute atomic E-state index is 0.178. The van der Waals surface area contributed by atoms with Gasteiger partial charge in [-0.05, 0) is 44.1 Å². The van der Waals surface area contributed by atoms with E-state index in [-0.39, 0.29) is 5.56 Å². The van der Waals surface area contributed by atoms with Crippen molar-refractivity contribution in [2.75, 3.05) is 27.3 Å². The number of H-pyrrole nitrogens is 1. The average Bonchev–Trinajstić information content (AvgIpc) is 3.23. The largest absolute Gasteiger partial charge is 0.493 e.